The highest BCUT2D eigenvalue weighted by Crippen LogP contribution is 2.22. The minimum absolute atomic E-state index is 0.129. The number of benzene rings is 1. The van der Waals surface area contributed by atoms with Crippen molar-refractivity contribution < 1.29 is 8.60 Å². The molecule has 2 nitrogen and oxygen atoms in total. The van der Waals surface area contributed by atoms with Crippen LogP contribution < -0.4 is 5.32 Å². The lowest BCUT2D eigenvalue weighted by atomic mass is 10.1. The molecule has 0 amide bonds. The van der Waals surface area contributed by atoms with Gasteiger partial charge in [-0.2, -0.15) is 0 Å². The summed E-state index contributed by atoms with van der Waals surface area (Å²) in [4.78, 5) is 0. The van der Waals surface area contributed by atoms with E-state index < -0.39 is 16.6 Å². The second-order valence-electron chi connectivity index (χ2n) is 3.90. The number of rotatable bonds is 2. The quantitative estimate of drug-likeness (QED) is 0.887. The van der Waals surface area contributed by atoms with E-state index in [2.05, 4.69) is 5.32 Å². The van der Waals surface area contributed by atoms with Crippen LogP contribution in [0.1, 0.15) is 12.8 Å². The average molecular weight is 262 g/mol. The third kappa shape index (κ3) is 2.95. The lowest BCUT2D eigenvalue weighted by molar-refractivity contribution is 0.621. The third-order valence-electron chi connectivity index (χ3n) is 2.68. The van der Waals surface area contributed by atoms with Crippen LogP contribution in [0.4, 0.5) is 10.1 Å². The average Bonchev–Trinajstić information content (AvgIpc) is 2.27. The Labute approximate surface area is 102 Å². The summed E-state index contributed by atoms with van der Waals surface area (Å²) in [6.45, 7) is 0. The minimum atomic E-state index is -0.653. The van der Waals surface area contributed by atoms with Crippen LogP contribution in [-0.4, -0.2) is 21.8 Å². The largest absolute Gasteiger partial charge is 0.382 e. The number of halogens is 2. The molecule has 1 aliphatic heterocycles. The Morgan fingerprint density at radius 2 is 2.06 bits per heavy atom. The van der Waals surface area contributed by atoms with Crippen LogP contribution in [0.5, 0.6) is 0 Å². The van der Waals surface area contributed by atoms with Crippen LogP contribution in [0.15, 0.2) is 18.2 Å². The zero-order chi connectivity index (χ0) is 11.5. The summed E-state index contributed by atoms with van der Waals surface area (Å²) in [6.07, 6.45) is 1.78. The SMILES string of the molecule is O=S1CCC(Nc2ccc(F)c(Cl)c2)CC1. The van der Waals surface area contributed by atoms with Crippen LogP contribution in [0.2, 0.25) is 5.02 Å². The Balaban J connectivity index is 1.98. The molecule has 1 fully saturated rings. The third-order valence-corrected chi connectivity index (χ3v) is 4.35. The van der Waals surface area contributed by atoms with Crippen molar-refractivity contribution in [1.82, 2.24) is 0 Å². The van der Waals surface area contributed by atoms with Gasteiger partial charge in [0.2, 0.25) is 0 Å². The number of anilines is 1. The highest BCUT2D eigenvalue weighted by Gasteiger charge is 2.17. The molecular formula is C11H13ClFNOS. The first-order valence-corrected chi connectivity index (χ1v) is 7.08. The topological polar surface area (TPSA) is 29.1 Å². The smallest absolute Gasteiger partial charge is 0.141 e. The van der Waals surface area contributed by atoms with E-state index in [0.29, 0.717) is 6.04 Å². The molecule has 0 aliphatic carbocycles. The van der Waals surface area contributed by atoms with Gasteiger partial charge >= 0.3 is 0 Å². The van der Waals surface area contributed by atoms with E-state index in [-0.39, 0.29) is 5.02 Å². The Hall–Kier alpha value is -0.610. The maximum absolute atomic E-state index is 12.9. The van der Waals surface area contributed by atoms with Crippen LogP contribution in [0.3, 0.4) is 0 Å². The molecule has 1 N–H and O–H groups in total. The molecule has 0 unspecified atom stereocenters. The van der Waals surface area contributed by atoms with Gasteiger partial charge in [0.1, 0.15) is 5.82 Å². The summed E-state index contributed by atoms with van der Waals surface area (Å²) in [7, 11) is -0.653. The fourth-order valence-corrected chi connectivity index (χ4v) is 3.24. The van der Waals surface area contributed by atoms with Crippen molar-refractivity contribution in [1.29, 1.82) is 0 Å². The molecule has 1 aromatic carbocycles. The van der Waals surface area contributed by atoms with Gasteiger partial charge in [0.05, 0.1) is 5.02 Å². The van der Waals surface area contributed by atoms with E-state index in [1.807, 2.05) is 0 Å². The predicted molar refractivity (Wildman–Crippen MR) is 65.9 cm³/mol. The summed E-state index contributed by atoms with van der Waals surface area (Å²) >= 11 is 5.69. The lowest BCUT2D eigenvalue weighted by Gasteiger charge is -2.23. The lowest BCUT2D eigenvalue weighted by Crippen LogP contribution is -2.29. The molecule has 0 saturated carbocycles. The molecule has 16 heavy (non-hydrogen) atoms. The molecule has 88 valence electrons. The summed E-state index contributed by atoms with van der Waals surface area (Å²) in [5.41, 5.74) is 0.823. The molecule has 5 heteroatoms. The van der Waals surface area contributed by atoms with Crippen molar-refractivity contribution in [3.05, 3.63) is 29.0 Å². The summed E-state index contributed by atoms with van der Waals surface area (Å²) in [5, 5.41) is 3.41. The van der Waals surface area contributed by atoms with Gasteiger partial charge in [-0.15, -0.1) is 0 Å². The second-order valence-corrected chi connectivity index (χ2v) is 6.00. The van der Waals surface area contributed by atoms with Crippen molar-refractivity contribution in [2.75, 3.05) is 16.8 Å². The maximum Gasteiger partial charge on any atom is 0.141 e. The van der Waals surface area contributed by atoms with E-state index in [0.717, 1.165) is 30.0 Å². The van der Waals surface area contributed by atoms with Gasteiger partial charge in [-0.25, -0.2) is 4.39 Å². The van der Waals surface area contributed by atoms with E-state index in [1.165, 1.54) is 6.07 Å². The first-order chi connectivity index (χ1) is 7.65. The molecule has 0 spiro atoms. The molecule has 0 atom stereocenters. The minimum Gasteiger partial charge on any atom is -0.382 e. The zero-order valence-corrected chi connectivity index (χ0v) is 10.3. The van der Waals surface area contributed by atoms with Gasteiger partial charge in [0.25, 0.3) is 0 Å². The Morgan fingerprint density at radius 1 is 1.38 bits per heavy atom. The van der Waals surface area contributed by atoms with Crippen molar-refractivity contribution in [2.24, 2.45) is 0 Å². The second kappa shape index (κ2) is 5.15. The Kier molecular flexibility index (Phi) is 3.82. The van der Waals surface area contributed by atoms with Crippen LogP contribution in [0.25, 0.3) is 0 Å². The molecule has 1 aliphatic rings. The summed E-state index contributed by atoms with van der Waals surface area (Å²) in [6, 6.07) is 4.93. The van der Waals surface area contributed by atoms with Crippen molar-refractivity contribution >= 4 is 28.1 Å². The normalized spacial score (nSPS) is 25.4. The molecular weight excluding hydrogens is 249 g/mol. The fourth-order valence-electron chi connectivity index (χ4n) is 1.76. The highest BCUT2D eigenvalue weighted by molar-refractivity contribution is 7.85. The van der Waals surface area contributed by atoms with Gasteiger partial charge < -0.3 is 5.32 Å². The van der Waals surface area contributed by atoms with Crippen molar-refractivity contribution in [3.63, 3.8) is 0 Å². The molecule has 1 saturated heterocycles. The van der Waals surface area contributed by atoms with Gasteiger partial charge in [-0.3, -0.25) is 4.21 Å². The number of hydrogen-bond acceptors (Lipinski definition) is 2. The number of hydrogen-bond donors (Lipinski definition) is 1. The summed E-state index contributed by atoms with van der Waals surface area (Å²) in [5.74, 6) is 1.08. The van der Waals surface area contributed by atoms with E-state index in [4.69, 9.17) is 11.6 Å². The van der Waals surface area contributed by atoms with Gasteiger partial charge in [0, 0.05) is 34.0 Å². The molecule has 2 rings (SSSR count). The van der Waals surface area contributed by atoms with Gasteiger partial charge in [-0.05, 0) is 31.0 Å². The zero-order valence-electron chi connectivity index (χ0n) is 8.71. The molecule has 1 heterocycles. The molecule has 0 aromatic heterocycles. The predicted octanol–water partition coefficient (Wildman–Crippen LogP) is 2.80. The monoisotopic (exact) mass is 261 g/mol. The van der Waals surface area contributed by atoms with Crippen LogP contribution >= 0.6 is 11.6 Å². The highest BCUT2D eigenvalue weighted by atomic mass is 35.5. The maximum atomic E-state index is 12.9. The van der Waals surface area contributed by atoms with Crippen molar-refractivity contribution in [2.45, 2.75) is 18.9 Å². The first kappa shape index (κ1) is 11.9. The Morgan fingerprint density at radius 3 is 2.69 bits per heavy atom. The van der Waals surface area contributed by atoms with Crippen LogP contribution in [-0.2, 0) is 10.8 Å². The Bertz CT molecular complexity index is 403. The van der Waals surface area contributed by atoms with E-state index in [9.17, 15) is 8.60 Å². The molecule has 0 bridgehead atoms. The standard InChI is InChI=1S/C11H13ClFNOS/c12-10-7-9(1-2-11(10)13)14-8-3-5-16(15)6-4-8/h1-2,7-8,14H,3-6H2. The van der Waals surface area contributed by atoms with E-state index >= 15 is 0 Å². The van der Waals surface area contributed by atoms with Gasteiger partial charge in [0.15, 0.2) is 0 Å². The molecule has 1 aromatic rings. The van der Waals surface area contributed by atoms with Crippen molar-refractivity contribution in [3.8, 4) is 0 Å². The first-order valence-electron chi connectivity index (χ1n) is 5.22. The van der Waals surface area contributed by atoms with Gasteiger partial charge in [-0.1, -0.05) is 11.6 Å². The fraction of sp³-hybridized carbons (Fsp3) is 0.455. The number of nitrogens with one attached hydrogen (secondary N) is 1. The molecule has 0 radical (unpaired) electrons. The summed E-state index contributed by atoms with van der Waals surface area (Å²) < 4.78 is 24.1. The van der Waals surface area contributed by atoms with Crippen LogP contribution in [0, 0.1) is 5.82 Å². The van der Waals surface area contributed by atoms with E-state index in [1.54, 1.807) is 12.1 Å².